The first-order valence-electron chi connectivity index (χ1n) is 7.09. The first-order valence-corrected chi connectivity index (χ1v) is 9.20. The minimum absolute atomic E-state index is 0.194. The van der Waals surface area contributed by atoms with Crippen LogP contribution in [0.3, 0.4) is 0 Å². The Hall–Kier alpha value is -1.63. The van der Waals surface area contributed by atoms with Crippen LogP contribution in [0.5, 0.6) is 5.75 Å². The van der Waals surface area contributed by atoms with E-state index in [2.05, 4.69) is 19.6 Å². The Morgan fingerprint density at radius 1 is 1.39 bits per heavy atom. The molecule has 1 aliphatic rings. The lowest BCUT2D eigenvalue weighted by Gasteiger charge is -2.20. The van der Waals surface area contributed by atoms with E-state index in [1.54, 1.807) is 17.4 Å². The Balaban J connectivity index is 2.25. The second kappa shape index (κ2) is 6.11. The predicted molar refractivity (Wildman–Crippen MR) is 102 cm³/mol. The average molecular weight is 362 g/mol. The van der Waals surface area contributed by atoms with Crippen molar-refractivity contribution in [2.45, 2.75) is 20.3 Å². The number of hydrogen-bond acceptors (Lipinski definition) is 5. The van der Waals surface area contributed by atoms with E-state index in [1.807, 2.05) is 18.4 Å². The highest BCUT2D eigenvalue weighted by Gasteiger charge is 2.34. The molecule has 0 spiro atoms. The zero-order valence-corrected chi connectivity index (χ0v) is 15.2. The number of hydrogen-bond donors (Lipinski definition) is 1. The van der Waals surface area contributed by atoms with E-state index in [4.69, 9.17) is 12.2 Å². The quantitative estimate of drug-likeness (QED) is 0.625. The van der Waals surface area contributed by atoms with Gasteiger partial charge in [-0.25, -0.2) is 0 Å². The van der Waals surface area contributed by atoms with Crippen molar-refractivity contribution < 1.29 is 9.90 Å². The number of thiocarbonyl (C=S) groups is 1. The first kappa shape index (κ1) is 16.2. The number of carbonyl (C=O) groups is 1. The van der Waals surface area contributed by atoms with E-state index in [-0.39, 0.29) is 11.7 Å². The van der Waals surface area contributed by atoms with Gasteiger partial charge < -0.3 is 5.11 Å². The highest BCUT2D eigenvalue weighted by Crippen LogP contribution is 2.44. The lowest BCUT2D eigenvalue weighted by Crippen LogP contribution is -2.28. The molecule has 6 heteroatoms. The summed E-state index contributed by atoms with van der Waals surface area (Å²) in [7, 11) is 0. The number of phenols is 1. The van der Waals surface area contributed by atoms with Crippen molar-refractivity contribution in [2.75, 3.05) is 4.90 Å². The van der Waals surface area contributed by atoms with Gasteiger partial charge in [-0.1, -0.05) is 37.5 Å². The molecule has 0 bridgehead atoms. The summed E-state index contributed by atoms with van der Waals surface area (Å²) in [5, 5.41) is 12.2. The van der Waals surface area contributed by atoms with Gasteiger partial charge in [-0.2, -0.15) is 0 Å². The number of carbonyl (C=O) groups excluding carboxylic acids is 1. The van der Waals surface area contributed by atoms with Crippen molar-refractivity contribution in [3.8, 4) is 16.2 Å². The van der Waals surface area contributed by atoms with Crippen LogP contribution < -0.4 is 4.90 Å². The van der Waals surface area contributed by atoms with Gasteiger partial charge in [-0.15, -0.1) is 11.3 Å². The number of thioether (sulfide) groups is 1. The molecule has 3 rings (SSSR count). The number of aryl methyl sites for hydroxylation is 2. The van der Waals surface area contributed by atoms with E-state index in [0.29, 0.717) is 20.5 Å². The first-order chi connectivity index (χ1) is 10.9. The molecule has 1 aliphatic heterocycles. The summed E-state index contributed by atoms with van der Waals surface area (Å²) in [5.41, 5.74) is 3.42. The van der Waals surface area contributed by atoms with Crippen molar-refractivity contribution in [3.63, 3.8) is 0 Å². The van der Waals surface area contributed by atoms with Crippen molar-refractivity contribution in [1.29, 1.82) is 0 Å². The molecule has 3 nitrogen and oxygen atoms in total. The molecule has 1 fully saturated rings. The largest absolute Gasteiger partial charge is 0.508 e. The third kappa shape index (κ3) is 2.71. The van der Waals surface area contributed by atoms with Gasteiger partial charge in [0.05, 0.1) is 10.6 Å². The summed E-state index contributed by atoms with van der Waals surface area (Å²) in [6.07, 6.45) is 0.882. The molecule has 0 unspecified atom stereocenters. The van der Waals surface area contributed by atoms with E-state index in [1.165, 1.54) is 22.2 Å². The van der Waals surface area contributed by atoms with Crippen molar-refractivity contribution in [2.24, 2.45) is 0 Å². The van der Waals surface area contributed by atoms with E-state index in [0.717, 1.165) is 16.9 Å². The number of aromatic hydroxyl groups is 1. The smallest absolute Gasteiger partial charge is 0.270 e. The van der Waals surface area contributed by atoms with Crippen LogP contribution in [0.4, 0.5) is 5.69 Å². The fraction of sp³-hybridized carbons (Fsp3) is 0.176. The number of rotatable bonds is 3. The zero-order valence-electron chi connectivity index (χ0n) is 12.8. The maximum absolute atomic E-state index is 12.4. The monoisotopic (exact) mass is 361 g/mol. The Morgan fingerprint density at radius 2 is 2.13 bits per heavy atom. The molecule has 0 aliphatic carbocycles. The van der Waals surface area contributed by atoms with Gasteiger partial charge in [0.25, 0.3) is 5.91 Å². The number of anilines is 1. The molecule has 118 valence electrons. The highest BCUT2D eigenvalue weighted by atomic mass is 32.2. The van der Waals surface area contributed by atoms with Crippen LogP contribution in [-0.2, 0) is 11.2 Å². The molecule has 0 saturated carbocycles. The van der Waals surface area contributed by atoms with E-state index >= 15 is 0 Å². The van der Waals surface area contributed by atoms with Crippen molar-refractivity contribution >= 4 is 51.2 Å². The van der Waals surface area contributed by atoms with Crippen molar-refractivity contribution in [3.05, 3.63) is 46.2 Å². The third-order valence-corrected chi connectivity index (χ3v) is 5.96. The molecule has 2 aromatic rings. The fourth-order valence-electron chi connectivity index (χ4n) is 2.51. The summed E-state index contributed by atoms with van der Waals surface area (Å²) in [6, 6.07) is 5.60. The molecule has 0 radical (unpaired) electrons. The van der Waals surface area contributed by atoms with Gasteiger partial charge >= 0.3 is 0 Å². The van der Waals surface area contributed by atoms with Crippen LogP contribution in [0.1, 0.15) is 18.1 Å². The molecule has 1 N–H and O–H groups in total. The summed E-state index contributed by atoms with van der Waals surface area (Å²) in [6.45, 7) is 7.66. The topological polar surface area (TPSA) is 40.5 Å². The number of phenolic OH excluding ortho intramolecular Hbond substituents is 1. The molecule has 23 heavy (non-hydrogen) atoms. The summed E-state index contributed by atoms with van der Waals surface area (Å²) >= 11 is 8.16. The van der Waals surface area contributed by atoms with E-state index < -0.39 is 0 Å². The normalized spacial score (nSPS) is 14.9. The SMILES string of the molecule is C=C1SC(=S)N(c2cc(C)c(O)cc2-c2sccc2CC)C1=O. The second-order valence-corrected chi connectivity index (χ2v) is 7.86. The maximum atomic E-state index is 12.4. The lowest BCUT2D eigenvalue weighted by molar-refractivity contribution is -0.113. The van der Waals surface area contributed by atoms with Crippen LogP contribution in [-0.4, -0.2) is 15.3 Å². The van der Waals surface area contributed by atoms with Crippen LogP contribution in [0.2, 0.25) is 0 Å². The average Bonchev–Trinajstić information content (AvgIpc) is 3.07. The Bertz CT molecular complexity index is 838. The molecule has 1 saturated heterocycles. The predicted octanol–water partition coefficient (Wildman–Crippen LogP) is 4.87. The highest BCUT2D eigenvalue weighted by molar-refractivity contribution is 8.27. The fourth-order valence-corrected chi connectivity index (χ4v) is 4.68. The number of amides is 1. The zero-order chi connectivity index (χ0) is 16.7. The van der Waals surface area contributed by atoms with Crippen LogP contribution in [0, 0.1) is 6.92 Å². The summed E-state index contributed by atoms with van der Waals surface area (Å²) in [5.74, 6) is 0.0178. The summed E-state index contributed by atoms with van der Waals surface area (Å²) < 4.78 is 0.473. The summed E-state index contributed by atoms with van der Waals surface area (Å²) in [4.78, 5) is 15.4. The molecular weight excluding hydrogens is 346 g/mol. The molecule has 0 atom stereocenters. The number of nitrogens with zero attached hydrogens (tertiary/aromatic N) is 1. The molecule has 2 heterocycles. The van der Waals surface area contributed by atoms with Crippen molar-refractivity contribution in [1.82, 2.24) is 0 Å². The van der Waals surface area contributed by atoms with E-state index in [9.17, 15) is 9.90 Å². The third-order valence-electron chi connectivity index (χ3n) is 3.76. The Morgan fingerprint density at radius 3 is 2.74 bits per heavy atom. The lowest BCUT2D eigenvalue weighted by atomic mass is 10.0. The van der Waals surface area contributed by atoms with Gasteiger partial charge in [0.1, 0.15) is 5.75 Å². The molecular formula is C17H15NO2S3. The Labute approximate surface area is 148 Å². The van der Waals surface area contributed by atoms with Gasteiger partial charge in [0, 0.05) is 10.4 Å². The second-order valence-electron chi connectivity index (χ2n) is 5.22. The van der Waals surface area contributed by atoms with Crippen LogP contribution >= 0.6 is 35.3 Å². The van der Waals surface area contributed by atoms with Gasteiger partial charge in [0.2, 0.25) is 0 Å². The standard InChI is InChI=1S/C17H15NO2S3/c1-4-11-5-6-22-15(11)12-8-14(19)9(2)7-13(12)18-16(20)10(3)23-17(18)21/h5-8,19H,3-4H2,1-2H3. The van der Waals surface area contributed by atoms with Crippen LogP contribution in [0.15, 0.2) is 35.1 Å². The minimum Gasteiger partial charge on any atom is -0.508 e. The minimum atomic E-state index is -0.194. The molecule has 1 aromatic heterocycles. The molecule has 1 aromatic carbocycles. The molecule has 1 amide bonds. The number of benzene rings is 1. The van der Waals surface area contributed by atoms with Gasteiger partial charge in [-0.3, -0.25) is 9.69 Å². The van der Waals surface area contributed by atoms with Gasteiger partial charge in [-0.05, 0) is 48.1 Å². The Kier molecular flexibility index (Phi) is 4.31. The van der Waals surface area contributed by atoms with Gasteiger partial charge in [0.15, 0.2) is 4.32 Å². The van der Waals surface area contributed by atoms with Crippen LogP contribution in [0.25, 0.3) is 10.4 Å². The maximum Gasteiger partial charge on any atom is 0.270 e. The number of thiophene rings is 1.